The van der Waals surface area contributed by atoms with Crippen LogP contribution >= 0.6 is 11.3 Å². The Morgan fingerprint density at radius 1 is 1.28 bits per heavy atom. The molecule has 5 rings (SSSR count). The number of hydrogen-bond donors (Lipinski definition) is 3. The molecule has 2 unspecified atom stereocenters. The molecular formula is C20H22N6O2S. The van der Waals surface area contributed by atoms with Gasteiger partial charge in [-0.1, -0.05) is 0 Å². The van der Waals surface area contributed by atoms with Crippen LogP contribution in [0.4, 0.5) is 11.6 Å². The van der Waals surface area contributed by atoms with Crippen molar-refractivity contribution in [2.75, 3.05) is 30.3 Å². The number of pyridine rings is 1. The third kappa shape index (κ3) is 3.93. The van der Waals surface area contributed by atoms with Gasteiger partial charge >= 0.3 is 0 Å². The Bertz CT molecular complexity index is 1030. The second-order valence-corrected chi connectivity index (χ2v) is 8.20. The maximum absolute atomic E-state index is 12.3. The van der Waals surface area contributed by atoms with Crippen molar-refractivity contribution >= 4 is 39.1 Å². The average molecular weight is 411 g/mol. The van der Waals surface area contributed by atoms with Crippen LogP contribution in [0, 0.1) is 0 Å². The average Bonchev–Trinajstić information content (AvgIpc) is 3.50. The predicted molar refractivity (Wildman–Crippen MR) is 113 cm³/mol. The van der Waals surface area contributed by atoms with Gasteiger partial charge in [0.2, 0.25) is 0 Å². The van der Waals surface area contributed by atoms with Crippen LogP contribution in [0.25, 0.3) is 21.6 Å². The Morgan fingerprint density at radius 3 is 3.07 bits per heavy atom. The lowest BCUT2D eigenvalue weighted by molar-refractivity contribution is -0.124. The summed E-state index contributed by atoms with van der Waals surface area (Å²) in [4.78, 5) is 26.1. The number of carbonyl (C=O) groups is 1. The first-order valence-corrected chi connectivity index (χ1v) is 10.8. The molecule has 0 saturated carbocycles. The minimum atomic E-state index is -0.394. The number of ether oxygens (including phenoxy) is 1. The van der Waals surface area contributed by atoms with Crippen molar-refractivity contribution in [3.8, 4) is 11.4 Å². The molecule has 3 aromatic heterocycles. The van der Waals surface area contributed by atoms with Gasteiger partial charge in [-0.05, 0) is 49.4 Å². The van der Waals surface area contributed by atoms with Gasteiger partial charge in [0.25, 0.3) is 5.91 Å². The van der Waals surface area contributed by atoms with Gasteiger partial charge in [-0.2, -0.15) is 0 Å². The smallest absolute Gasteiger partial charge is 0.254 e. The summed E-state index contributed by atoms with van der Waals surface area (Å²) < 4.78 is 6.50. The highest BCUT2D eigenvalue weighted by Gasteiger charge is 2.24. The van der Waals surface area contributed by atoms with Crippen molar-refractivity contribution in [1.82, 2.24) is 20.3 Å². The first kappa shape index (κ1) is 18.4. The molecule has 2 fully saturated rings. The summed E-state index contributed by atoms with van der Waals surface area (Å²) in [5.74, 6) is 1.79. The maximum Gasteiger partial charge on any atom is 0.254 e. The fourth-order valence-corrected chi connectivity index (χ4v) is 4.47. The zero-order valence-corrected chi connectivity index (χ0v) is 16.7. The van der Waals surface area contributed by atoms with Crippen LogP contribution in [-0.4, -0.2) is 52.7 Å². The number of fused-ring (bicyclic) bond motifs is 1. The highest BCUT2D eigenvalue weighted by molar-refractivity contribution is 7.17. The van der Waals surface area contributed by atoms with Gasteiger partial charge in [-0.3, -0.25) is 4.79 Å². The van der Waals surface area contributed by atoms with Crippen LogP contribution in [-0.2, 0) is 9.53 Å². The fourth-order valence-electron chi connectivity index (χ4n) is 3.69. The van der Waals surface area contributed by atoms with Gasteiger partial charge < -0.3 is 20.7 Å². The zero-order chi connectivity index (χ0) is 19.6. The summed E-state index contributed by atoms with van der Waals surface area (Å²) in [6.45, 7) is 2.58. The SMILES string of the molecule is O=C(Nc1cc(-c2nc(NC3CCNC3)c3sccc3n2)ccn1)C1CCCO1. The number of thiophene rings is 1. The molecule has 0 spiro atoms. The molecule has 2 atom stereocenters. The second kappa shape index (κ2) is 8.02. The van der Waals surface area contributed by atoms with E-state index in [1.165, 1.54) is 0 Å². The molecular weight excluding hydrogens is 388 g/mol. The molecule has 0 aliphatic carbocycles. The van der Waals surface area contributed by atoms with Gasteiger partial charge in [0.1, 0.15) is 17.7 Å². The third-order valence-electron chi connectivity index (χ3n) is 5.20. The Labute approximate surface area is 172 Å². The predicted octanol–water partition coefficient (Wildman–Crippen LogP) is 2.64. The summed E-state index contributed by atoms with van der Waals surface area (Å²) in [7, 11) is 0. The standard InChI is InChI=1S/C20H22N6O2S/c27-20(15-2-1-8-28-15)25-16-10-12(3-7-22-16)18-24-14-5-9-29-17(14)19(26-18)23-13-4-6-21-11-13/h3,5,7,9-10,13,15,21H,1-2,4,6,8,11H2,(H,22,25,27)(H,23,24,26). The molecule has 150 valence electrons. The van der Waals surface area contributed by atoms with Crippen molar-refractivity contribution in [1.29, 1.82) is 0 Å². The minimum absolute atomic E-state index is 0.155. The largest absolute Gasteiger partial charge is 0.368 e. The summed E-state index contributed by atoms with van der Waals surface area (Å²) >= 11 is 1.64. The van der Waals surface area contributed by atoms with E-state index in [0.29, 0.717) is 24.3 Å². The Hall–Kier alpha value is -2.62. The molecule has 2 saturated heterocycles. The molecule has 2 aliphatic rings. The lowest BCUT2D eigenvalue weighted by Crippen LogP contribution is -2.27. The molecule has 1 amide bonds. The van der Waals surface area contributed by atoms with E-state index in [2.05, 4.69) is 20.9 Å². The number of rotatable bonds is 5. The first-order valence-electron chi connectivity index (χ1n) is 9.88. The molecule has 29 heavy (non-hydrogen) atoms. The van der Waals surface area contributed by atoms with Crippen LogP contribution in [0.15, 0.2) is 29.8 Å². The lowest BCUT2D eigenvalue weighted by Gasteiger charge is -2.14. The van der Waals surface area contributed by atoms with Crippen LogP contribution in [0.2, 0.25) is 0 Å². The lowest BCUT2D eigenvalue weighted by atomic mass is 10.2. The van der Waals surface area contributed by atoms with Gasteiger partial charge in [-0.25, -0.2) is 15.0 Å². The van der Waals surface area contributed by atoms with Crippen molar-refractivity contribution < 1.29 is 9.53 Å². The van der Waals surface area contributed by atoms with E-state index in [-0.39, 0.29) is 5.91 Å². The molecule has 2 aliphatic heterocycles. The van der Waals surface area contributed by atoms with Crippen LogP contribution in [0.1, 0.15) is 19.3 Å². The van der Waals surface area contributed by atoms with Gasteiger partial charge in [-0.15, -0.1) is 11.3 Å². The number of nitrogens with one attached hydrogen (secondary N) is 3. The summed E-state index contributed by atoms with van der Waals surface area (Å²) in [6, 6.07) is 6.03. The van der Waals surface area contributed by atoms with E-state index in [1.54, 1.807) is 23.6 Å². The van der Waals surface area contributed by atoms with E-state index in [0.717, 1.165) is 53.9 Å². The molecule has 0 bridgehead atoms. The summed E-state index contributed by atoms with van der Waals surface area (Å²) in [6.07, 6.45) is 3.99. The van der Waals surface area contributed by atoms with Crippen LogP contribution < -0.4 is 16.0 Å². The van der Waals surface area contributed by atoms with E-state index in [9.17, 15) is 4.79 Å². The number of nitrogens with zero attached hydrogens (tertiary/aromatic N) is 3. The van der Waals surface area contributed by atoms with E-state index in [4.69, 9.17) is 14.7 Å². The third-order valence-corrected chi connectivity index (χ3v) is 6.11. The van der Waals surface area contributed by atoms with Gasteiger partial charge in [0, 0.05) is 31.0 Å². The number of anilines is 2. The first-order chi connectivity index (χ1) is 14.3. The Morgan fingerprint density at radius 2 is 2.24 bits per heavy atom. The van der Waals surface area contributed by atoms with E-state index >= 15 is 0 Å². The normalized spacial score (nSPS) is 21.5. The van der Waals surface area contributed by atoms with Crippen molar-refractivity contribution in [2.24, 2.45) is 0 Å². The molecule has 0 aromatic carbocycles. The Balaban J connectivity index is 1.43. The number of carbonyl (C=O) groups excluding carboxylic acids is 1. The highest BCUT2D eigenvalue weighted by atomic mass is 32.1. The van der Waals surface area contributed by atoms with Crippen molar-refractivity contribution in [2.45, 2.75) is 31.4 Å². The number of aromatic nitrogens is 3. The highest BCUT2D eigenvalue weighted by Crippen LogP contribution is 2.30. The molecule has 0 radical (unpaired) electrons. The summed E-state index contributed by atoms with van der Waals surface area (Å²) in [5, 5.41) is 11.8. The maximum atomic E-state index is 12.3. The van der Waals surface area contributed by atoms with Crippen molar-refractivity contribution in [3.05, 3.63) is 29.8 Å². The molecule has 8 nitrogen and oxygen atoms in total. The monoisotopic (exact) mass is 410 g/mol. The quantitative estimate of drug-likeness (QED) is 0.594. The van der Waals surface area contributed by atoms with Crippen molar-refractivity contribution in [3.63, 3.8) is 0 Å². The van der Waals surface area contributed by atoms with Gasteiger partial charge in [0.05, 0.1) is 10.2 Å². The number of hydrogen-bond acceptors (Lipinski definition) is 8. The summed E-state index contributed by atoms with van der Waals surface area (Å²) in [5.41, 5.74) is 1.72. The van der Waals surface area contributed by atoms with Crippen LogP contribution in [0.5, 0.6) is 0 Å². The molecule has 5 heterocycles. The van der Waals surface area contributed by atoms with Gasteiger partial charge in [0.15, 0.2) is 5.82 Å². The van der Waals surface area contributed by atoms with E-state index in [1.807, 2.05) is 17.5 Å². The molecule has 3 N–H and O–H groups in total. The topological polar surface area (TPSA) is 101 Å². The molecule has 9 heteroatoms. The Kier molecular flexibility index (Phi) is 5.09. The molecule has 3 aromatic rings. The zero-order valence-electron chi connectivity index (χ0n) is 15.9. The van der Waals surface area contributed by atoms with E-state index < -0.39 is 6.10 Å². The fraction of sp³-hybridized carbons (Fsp3) is 0.400. The minimum Gasteiger partial charge on any atom is -0.368 e. The second-order valence-electron chi connectivity index (χ2n) is 7.29. The number of amides is 1. The van der Waals surface area contributed by atoms with Crippen LogP contribution in [0.3, 0.4) is 0 Å².